The summed E-state index contributed by atoms with van der Waals surface area (Å²) in [5, 5.41) is 2.98. The van der Waals surface area contributed by atoms with Gasteiger partial charge >= 0.3 is 0 Å². The van der Waals surface area contributed by atoms with Gasteiger partial charge in [0, 0.05) is 24.8 Å². The van der Waals surface area contributed by atoms with E-state index in [2.05, 4.69) is 5.32 Å². The average molecular weight is 361 g/mol. The van der Waals surface area contributed by atoms with Crippen LogP contribution in [0.5, 0.6) is 11.5 Å². The molecule has 7 heteroatoms. The van der Waals surface area contributed by atoms with E-state index in [4.69, 9.17) is 15.2 Å². The van der Waals surface area contributed by atoms with Gasteiger partial charge in [-0.3, -0.25) is 9.59 Å². The number of fused-ring (bicyclic) bond motifs is 1. The zero-order valence-electron chi connectivity index (χ0n) is 15.6. The van der Waals surface area contributed by atoms with Crippen LogP contribution in [0, 0.1) is 11.8 Å². The molecule has 0 radical (unpaired) electrons. The maximum atomic E-state index is 12.8. The fourth-order valence-corrected chi connectivity index (χ4v) is 3.18. The van der Waals surface area contributed by atoms with Crippen LogP contribution in [0.25, 0.3) is 0 Å². The quantitative estimate of drug-likeness (QED) is 0.771. The molecular weight excluding hydrogens is 334 g/mol. The van der Waals surface area contributed by atoms with Gasteiger partial charge in [-0.15, -0.1) is 0 Å². The molecule has 3 rings (SSSR count). The second-order valence-electron chi connectivity index (χ2n) is 7.42. The Morgan fingerprint density at radius 1 is 1.35 bits per heavy atom. The number of ether oxygens (including phenoxy) is 2. The van der Waals surface area contributed by atoms with Gasteiger partial charge in [-0.05, 0) is 31.4 Å². The van der Waals surface area contributed by atoms with E-state index in [0.29, 0.717) is 44.2 Å². The van der Waals surface area contributed by atoms with Gasteiger partial charge in [0.1, 0.15) is 19.1 Å². The molecule has 2 unspecified atom stereocenters. The van der Waals surface area contributed by atoms with Crippen molar-refractivity contribution in [2.75, 3.05) is 31.2 Å². The number of amides is 2. The van der Waals surface area contributed by atoms with Crippen molar-refractivity contribution in [1.82, 2.24) is 5.32 Å². The summed E-state index contributed by atoms with van der Waals surface area (Å²) in [7, 11) is 0. The number of nitrogens with one attached hydrogen (secondary N) is 1. The SMILES string of the molecule is CC(C)C(C)(CN)NC(=O)C1CCN(c2ccc3c(c2)OCCO3)C1=O. The molecule has 0 spiro atoms. The van der Waals surface area contributed by atoms with E-state index in [1.165, 1.54) is 0 Å². The first-order valence-corrected chi connectivity index (χ1v) is 9.09. The van der Waals surface area contributed by atoms with Crippen LogP contribution in [0.15, 0.2) is 18.2 Å². The first-order valence-electron chi connectivity index (χ1n) is 9.09. The molecule has 1 aromatic carbocycles. The highest BCUT2D eigenvalue weighted by atomic mass is 16.6. The first kappa shape index (κ1) is 18.5. The lowest BCUT2D eigenvalue weighted by molar-refractivity contribution is -0.133. The van der Waals surface area contributed by atoms with Crippen molar-refractivity contribution in [1.29, 1.82) is 0 Å². The Kier molecular flexibility index (Phi) is 5.09. The third-order valence-electron chi connectivity index (χ3n) is 5.47. The Hall–Kier alpha value is -2.28. The molecule has 1 saturated heterocycles. The van der Waals surface area contributed by atoms with Gasteiger partial charge in [0.15, 0.2) is 11.5 Å². The van der Waals surface area contributed by atoms with Gasteiger partial charge in [-0.2, -0.15) is 0 Å². The fourth-order valence-electron chi connectivity index (χ4n) is 3.18. The molecule has 0 aliphatic carbocycles. The van der Waals surface area contributed by atoms with Gasteiger partial charge < -0.3 is 25.4 Å². The number of hydrogen-bond acceptors (Lipinski definition) is 5. The molecule has 2 aliphatic rings. The average Bonchev–Trinajstić information content (AvgIpc) is 3.02. The monoisotopic (exact) mass is 361 g/mol. The number of carbonyl (C=O) groups is 2. The highest BCUT2D eigenvalue weighted by molar-refractivity contribution is 6.09. The van der Waals surface area contributed by atoms with Crippen molar-refractivity contribution in [3.8, 4) is 11.5 Å². The normalized spacial score (nSPS) is 21.7. The molecule has 1 aromatic rings. The Morgan fingerprint density at radius 3 is 2.69 bits per heavy atom. The molecule has 2 atom stereocenters. The van der Waals surface area contributed by atoms with E-state index in [1.54, 1.807) is 17.0 Å². The van der Waals surface area contributed by atoms with E-state index in [0.717, 1.165) is 5.69 Å². The van der Waals surface area contributed by atoms with Crippen molar-refractivity contribution in [2.24, 2.45) is 17.6 Å². The molecule has 142 valence electrons. The van der Waals surface area contributed by atoms with Crippen molar-refractivity contribution in [3.05, 3.63) is 18.2 Å². The van der Waals surface area contributed by atoms with E-state index >= 15 is 0 Å². The maximum Gasteiger partial charge on any atom is 0.239 e. The summed E-state index contributed by atoms with van der Waals surface area (Å²) in [6.07, 6.45) is 0.484. The molecular formula is C19H27N3O4. The number of rotatable bonds is 5. The minimum absolute atomic E-state index is 0.168. The zero-order chi connectivity index (χ0) is 18.9. The van der Waals surface area contributed by atoms with Crippen LogP contribution in [-0.4, -0.2) is 43.7 Å². The second-order valence-corrected chi connectivity index (χ2v) is 7.42. The third-order valence-corrected chi connectivity index (χ3v) is 5.47. The molecule has 3 N–H and O–H groups in total. The molecule has 2 aliphatic heterocycles. The lowest BCUT2D eigenvalue weighted by Crippen LogP contribution is -2.57. The summed E-state index contributed by atoms with van der Waals surface area (Å²) in [5.41, 5.74) is 6.03. The summed E-state index contributed by atoms with van der Waals surface area (Å²) in [6.45, 7) is 7.75. The van der Waals surface area contributed by atoms with Crippen LogP contribution < -0.4 is 25.4 Å². The molecule has 2 heterocycles. The number of hydrogen-bond donors (Lipinski definition) is 2. The van der Waals surface area contributed by atoms with Crippen LogP contribution in [0.3, 0.4) is 0 Å². The smallest absolute Gasteiger partial charge is 0.239 e. The Bertz CT molecular complexity index is 706. The molecule has 26 heavy (non-hydrogen) atoms. The van der Waals surface area contributed by atoms with Crippen LogP contribution in [0.2, 0.25) is 0 Å². The second kappa shape index (κ2) is 7.15. The first-order chi connectivity index (χ1) is 12.4. The van der Waals surface area contributed by atoms with Gasteiger partial charge in [0.2, 0.25) is 11.8 Å². The molecule has 0 saturated carbocycles. The number of benzene rings is 1. The molecule has 0 aromatic heterocycles. The van der Waals surface area contributed by atoms with E-state index in [9.17, 15) is 9.59 Å². The standard InChI is InChI=1S/C19H27N3O4/c1-12(2)19(3,11-20)21-17(23)14-6-7-22(18(14)24)13-4-5-15-16(10-13)26-9-8-25-15/h4-5,10,12,14H,6-9,11,20H2,1-3H3,(H,21,23). The van der Waals surface area contributed by atoms with E-state index < -0.39 is 11.5 Å². The summed E-state index contributed by atoms with van der Waals surface area (Å²) in [6, 6.07) is 5.42. The van der Waals surface area contributed by atoms with Crippen molar-refractivity contribution >= 4 is 17.5 Å². The molecule has 7 nitrogen and oxygen atoms in total. The molecule has 0 bridgehead atoms. The lowest BCUT2D eigenvalue weighted by atomic mass is 9.87. The molecule has 2 amide bonds. The van der Waals surface area contributed by atoms with E-state index in [-0.39, 0.29) is 17.7 Å². The minimum atomic E-state index is -0.687. The van der Waals surface area contributed by atoms with Crippen LogP contribution in [0.4, 0.5) is 5.69 Å². The zero-order valence-corrected chi connectivity index (χ0v) is 15.6. The van der Waals surface area contributed by atoms with Crippen LogP contribution >= 0.6 is 0 Å². The number of nitrogens with two attached hydrogens (primary N) is 1. The van der Waals surface area contributed by atoms with Crippen molar-refractivity contribution in [3.63, 3.8) is 0 Å². The predicted molar refractivity (Wildman–Crippen MR) is 98.3 cm³/mol. The van der Waals surface area contributed by atoms with Crippen LogP contribution in [-0.2, 0) is 9.59 Å². The van der Waals surface area contributed by atoms with E-state index in [1.807, 2.05) is 26.8 Å². The topological polar surface area (TPSA) is 93.9 Å². The van der Waals surface area contributed by atoms with Gasteiger partial charge in [0.25, 0.3) is 0 Å². The Labute approximate surface area is 153 Å². The van der Waals surface area contributed by atoms with Crippen LogP contribution in [0.1, 0.15) is 27.2 Å². The number of nitrogens with zero attached hydrogens (tertiary/aromatic N) is 1. The van der Waals surface area contributed by atoms with Gasteiger partial charge in [0.05, 0.1) is 5.54 Å². The Balaban J connectivity index is 1.73. The van der Waals surface area contributed by atoms with Crippen molar-refractivity contribution in [2.45, 2.75) is 32.7 Å². The summed E-state index contributed by atoms with van der Waals surface area (Å²) < 4.78 is 11.1. The summed E-state index contributed by atoms with van der Waals surface area (Å²) in [5.74, 6) is 0.343. The van der Waals surface area contributed by atoms with Gasteiger partial charge in [-0.25, -0.2) is 0 Å². The largest absolute Gasteiger partial charge is 0.486 e. The predicted octanol–water partition coefficient (Wildman–Crippen LogP) is 1.30. The Morgan fingerprint density at radius 2 is 2.04 bits per heavy atom. The molecule has 1 fully saturated rings. The van der Waals surface area contributed by atoms with Crippen molar-refractivity contribution < 1.29 is 19.1 Å². The summed E-state index contributed by atoms with van der Waals surface area (Å²) in [4.78, 5) is 27.1. The maximum absolute atomic E-state index is 12.8. The van der Waals surface area contributed by atoms with Gasteiger partial charge in [-0.1, -0.05) is 13.8 Å². The minimum Gasteiger partial charge on any atom is -0.486 e. The highest BCUT2D eigenvalue weighted by Crippen LogP contribution is 2.36. The fraction of sp³-hybridized carbons (Fsp3) is 0.579. The lowest BCUT2D eigenvalue weighted by Gasteiger charge is -2.34. The third kappa shape index (κ3) is 3.35. The highest BCUT2D eigenvalue weighted by Gasteiger charge is 2.40. The summed E-state index contributed by atoms with van der Waals surface area (Å²) >= 11 is 0. The number of carbonyl (C=O) groups excluding carboxylic acids is 2. The number of anilines is 1.